The molecule has 1 rings (SSSR count). The lowest BCUT2D eigenvalue weighted by Crippen LogP contribution is -2.24. The molecule has 2 N–H and O–H groups in total. The topological polar surface area (TPSA) is 60.2 Å². The number of rotatable bonds is 3. The van der Waals surface area contributed by atoms with Gasteiger partial charge < -0.3 is 5.73 Å². The quantitative estimate of drug-likeness (QED) is 0.687. The molecule has 3 nitrogen and oxygen atoms in total. The first-order valence-corrected chi connectivity index (χ1v) is 3.66. The number of Topliss-reactive ketones (excluding diaryl/α,β-unsaturated/α-hetero) is 1. The third-order valence-electron chi connectivity index (χ3n) is 1.55. The molecule has 0 aliphatic heterocycles. The molecule has 0 aliphatic rings. The van der Waals surface area contributed by atoms with E-state index in [0.717, 1.165) is 0 Å². The fourth-order valence-corrected chi connectivity index (χ4v) is 0.875. The average Bonchev–Trinajstić information content (AvgIpc) is 2.08. The van der Waals surface area contributed by atoms with E-state index in [-0.39, 0.29) is 12.2 Å². The Balaban J connectivity index is 2.70. The molecule has 0 saturated carbocycles. The summed E-state index contributed by atoms with van der Waals surface area (Å²) in [5, 5.41) is 0. The Bertz CT molecular complexity index is 332. The largest absolute Gasteiger partial charge is 0.363 e. The zero-order valence-electron chi connectivity index (χ0n) is 6.79. The van der Waals surface area contributed by atoms with Gasteiger partial charge >= 0.3 is 0 Å². The summed E-state index contributed by atoms with van der Waals surface area (Å²) in [6.07, 6.45) is -0.0738. The number of hydrogen-bond donors (Lipinski definition) is 1. The highest BCUT2D eigenvalue weighted by Crippen LogP contribution is 2.03. The van der Waals surface area contributed by atoms with Crippen LogP contribution in [0.15, 0.2) is 24.3 Å². The van der Waals surface area contributed by atoms with Crippen molar-refractivity contribution in [1.82, 2.24) is 0 Å². The van der Waals surface area contributed by atoms with Crippen molar-refractivity contribution in [1.29, 1.82) is 0 Å². The lowest BCUT2D eigenvalue weighted by molar-refractivity contribution is -0.135. The number of hydrogen-bond acceptors (Lipinski definition) is 2. The molecule has 0 fully saturated rings. The normalized spacial score (nSPS) is 9.62. The van der Waals surface area contributed by atoms with Gasteiger partial charge in [-0.15, -0.1) is 0 Å². The molecule has 0 aliphatic carbocycles. The standard InChI is InChI=1S/C9H8FNO2/c10-7-3-1-6(2-4-7)5-8(12)9(11)13/h1-4H,5H2,(H2,11,13). The predicted octanol–water partition coefficient (Wildman–Crippen LogP) is 0.423. The van der Waals surface area contributed by atoms with Crippen LogP contribution in [-0.2, 0) is 16.0 Å². The van der Waals surface area contributed by atoms with Crippen molar-refractivity contribution in [3.63, 3.8) is 0 Å². The number of amides is 1. The molecule has 0 atom stereocenters. The van der Waals surface area contributed by atoms with Crippen molar-refractivity contribution in [2.24, 2.45) is 5.73 Å². The number of carbonyl (C=O) groups excluding carboxylic acids is 2. The highest BCUT2D eigenvalue weighted by molar-refractivity contribution is 6.35. The van der Waals surface area contributed by atoms with E-state index in [9.17, 15) is 14.0 Å². The Morgan fingerprint density at radius 1 is 1.23 bits per heavy atom. The smallest absolute Gasteiger partial charge is 0.285 e. The second kappa shape index (κ2) is 3.80. The van der Waals surface area contributed by atoms with E-state index in [0.29, 0.717) is 5.56 Å². The summed E-state index contributed by atoms with van der Waals surface area (Å²) in [6.45, 7) is 0. The number of ketones is 1. The van der Waals surface area contributed by atoms with Crippen LogP contribution in [0.5, 0.6) is 0 Å². The zero-order valence-corrected chi connectivity index (χ0v) is 6.79. The van der Waals surface area contributed by atoms with Gasteiger partial charge in [0.2, 0.25) is 5.78 Å². The molecule has 68 valence electrons. The van der Waals surface area contributed by atoms with E-state index >= 15 is 0 Å². The molecule has 0 spiro atoms. The second-order valence-electron chi connectivity index (χ2n) is 2.59. The Hall–Kier alpha value is -1.71. The number of nitrogens with two attached hydrogens (primary N) is 1. The Morgan fingerprint density at radius 2 is 1.77 bits per heavy atom. The monoisotopic (exact) mass is 181 g/mol. The Kier molecular flexibility index (Phi) is 2.74. The molecule has 1 aromatic rings. The lowest BCUT2D eigenvalue weighted by Gasteiger charge is -1.96. The molecule has 0 bridgehead atoms. The number of carbonyl (C=O) groups is 2. The van der Waals surface area contributed by atoms with Gasteiger partial charge in [0.1, 0.15) is 5.82 Å². The van der Waals surface area contributed by atoms with Gasteiger partial charge in [0.15, 0.2) is 0 Å². The maximum atomic E-state index is 12.4. The minimum absolute atomic E-state index is 0.0738. The van der Waals surface area contributed by atoms with Crippen LogP contribution in [0.2, 0.25) is 0 Å². The van der Waals surface area contributed by atoms with Crippen molar-refractivity contribution in [3.8, 4) is 0 Å². The van der Waals surface area contributed by atoms with E-state index in [2.05, 4.69) is 0 Å². The van der Waals surface area contributed by atoms with Gasteiger partial charge in [0, 0.05) is 6.42 Å². The third-order valence-corrected chi connectivity index (χ3v) is 1.55. The molecular formula is C9H8FNO2. The summed E-state index contributed by atoms with van der Waals surface area (Å²) in [6, 6.07) is 5.33. The number of primary amides is 1. The SMILES string of the molecule is NC(=O)C(=O)Cc1ccc(F)cc1. The molecule has 0 radical (unpaired) electrons. The molecular weight excluding hydrogens is 173 g/mol. The molecule has 0 heterocycles. The zero-order chi connectivity index (χ0) is 9.84. The van der Waals surface area contributed by atoms with E-state index in [1.54, 1.807) is 0 Å². The van der Waals surface area contributed by atoms with Crippen molar-refractivity contribution < 1.29 is 14.0 Å². The molecule has 4 heteroatoms. The van der Waals surface area contributed by atoms with Crippen LogP contribution in [0.4, 0.5) is 4.39 Å². The van der Waals surface area contributed by atoms with Crippen LogP contribution >= 0.6 is 0 Å². The molecule has 13 heavy (non-hydrogen) atoms. The fourth-order valence-electron chi connectivity index (χ4n) is 0.875. The highest BCUT2D eigenvalue weighted by Gasteiger charge is 2.09. The Labute approximate surface area is 74.4 Å². The maximum absolute atomic E-state index is 12.4. The van der Waals surface area contributed by atoms with Crippen LogP contribution in [0, 0.1) is 5.82 Å². The van der Waals surface area contributed by atoms with Crippen LogP contribution in [0.1, 0.15) is 5.56 Å². The van der Waals surface area contributed by atoms with E-state index < -0.39 is 11.7 Å². The predicted molar refractivity (Wildman–Crippen MR) is 44.3 cm³/mol. The molecule has 0 aromatic heterocycles. The van der Waals surface area contributed by atoms with Crippen molar-refractivity contribution in [2.75, 3.05) is 0 Å². The van der Waals surface area contributed by atoms with Gasteiger partial charge in [-0.2, -0.15) is 0 Å². The summed E-state index contributed by atoms with van der Waals surface area (Å²) in [5.41, 5.74) is 5.33. The summed E-state index contributed by atoms with van der Waals surface area (Å²) < 4.78 is 12.4. The lowest BCUT2D eigenvalue weighted by atomic mass is 10.1. The third kappa shape index (κ3) is 2.66. The van der Waals surface area contributed by atoms with Crippen LogP contribution in [-0.4, -0.2) is 11.7 Å². The van der Waals surface area contributed by atoms with Crippen LogP contribution in [0.3, 0.4) is 0 Å². The van der Waals surface area contributed by atoms with Gasteiger partial charge in [-0.05, 0) is 17.7 Å². The molecule has 0 saturated heterocycles. The van der Waals surface area contributed by atoms with Crippen molar-refractivity contribution in [3.05, 3.63) is 35.6 Å². The summed E-state index contributed by atoms with van der Waals surface area (Å²) in [4.78, 5) is 21.2. The van der Waals surface area contributed by atoms with Crippen molar-refractivity contribution in [2.45, 2.75) is 6.42 Å². The molecule has 0 unspecified atom stereocenters. The van der Waals surface area contributed by atoms with Gasteiger partial charge in [0.05, 0.1) is 0 Å². The molecule has 1 aromatic carbocycles. The van der Waals surface area contributed by atoms with E-state index in [4.69, 9.17) is 5.73 Å². The minimum atomic E-state index is -0.968. The van der Waals surface area contributed by atoms with Gasteiger partial charge in [0.25, 0.3) is 5.91 Å². The number of benzene rings is 1. The van der Waals surface area contributed by atoms with Gasteiger partial charge in [-0.25, -0.2) is 4.39 Å². The first-order valence-electron chi connectivity index (χ1n) is 3.66. The van der Waals surface area contributed by atoms with E-state index in [1.807, 2.05) is 0 Å². The summed E-state index contributed by atoms with van der Waals surface area (Å²) in [7, 11) is 0. The van der Waals surface area contributed by atoms with Crippen LogP contribution in [0.25, 0.3) is 0 Å². The summed E-state index contributed by atoms with van der Waals surface area (Å²) in [5.74, 6) is -2.02. The Morgan fingerprint density at radius 3 is 2.23 bits per heavy atom. The second-order valence-corrected chi connectivity index (χ2v) is 2.59. The first-order chi connectivity index (χ1) is 6.09. The van der Waals surface area contributed by atoms with Crippen molar-refractivity contribution >= 4 is 11.7 Å². The molecule has 1 amide bonds. The van der Waals surface area contributed by atoms with E-state index in [1.165, 1.54) is 24.3 Å². The maximum Gasteiger partial charge on any atom is 0.285 e. The average molecular weight is 181 g/mol. The van der Waals surface area contributed by atoms with Gasteiger partial charge in [-0.3, -0.25) is 9.59 Å². The minimum Gasteiger partial charge on any atom is -0.363 e. The number of halogens is 1. The highest BCUT2D eigenvalue weighted by atomic mass is 19.1. The summed E-state index contributed by atoms with van der Waals surface area (Å²) >= 11 is 0. The van der Waals surface area contributed by atoms with Crippen LogP contribution < -0.4 is 5.73 Å². The first kappa shape index (κ1) is 9.38. The fraction of sp³-hybridized carbons (Fsp3) is 0.111. The van der Waals surface area contributed by atoms with Gasteiger partial charge in [-0.1, -0.05) is 12.1 Å².